The Bertz CT molecular complexity index is 1410. The molecule has 2 aliphatic carbocycles. The molecule has 0 spiro atoms. The Labute approximate surface area is 269 Å². The number of rotatable bonds is 7. The molecule has 4 heterocycles. The lowest BCUT2D eigenvalue weighted by atomic mass is 9.72. The Morgan fingerprint density at radius 3 is 2.53 bits per heavy atom. The summed E-state index contributed by atoms with van der Waals surface area (Å²) >= 11 is 0. The van der Waals surface area contributed by atoms with Gasteiger partial charge in [0.15, 0.2) is 0 Å². The highest BCUT2D eigenvalue weighted by Crippen LogP contribution is 2.37. The molecular formula is C36H52N8O. The number of nitrogens with zero attached hydrogens (tertiary/aromatic N) is 7. The van der Waals surface area contributed by atoms with Crippen LogP contribution < -0.4 is 10.3 Å². The molecule has 1 aromatic rings. The maximum Gasteiger partial charge on any atom is 0.255 e. The van der Waals surface area contributed by atoms with Crippen LogP contribution in [0.25, 0.3) is 0 Å². The molecule has 1 N–H and O–H groups in total. The fourth-order valence-electron chi connectivity index (χ4n) is 7.44. The van der Waals surface area contributed by atoms with Gasteiger partial charge in [0.2, 0.25) is 0 Å². The first-order valence-corrected chi connectivity index (χ1v) is 17.2. The first-order chi connectivity index (χ1) is 21.7. The van der Waals surface area contributed by atoms with Crippen LogP contribution in [-0.4, -0.2) is 78.3 Å². The first kappa shape index (κ1) is 31.8. The van der Waals surface area contributed by atoms with Crippen LogP contribution in [0.1, 0.15) is 72.4 Å². The predicted octanol–water partition coefficient (Wildman–Crippen LogP) is 6.60. The number of amides is 1. The number of carbonyl (C=O) groups is 1. The van der Waals surface area contributed by atoms with Crippen molar-refractivity contribution in [3.05, 3.63) is 52.5 Å². The van der Waals surface area contributed by atoms with Gasteiger partial charge in [-0.25, -0.2) is 5.01 Å². The van der Waals surface area contributed by atoms with Gasteiger partial charge in [0.1, 0.15) is 0 Å². The second-order valence-corrected chi connectivity index (χ2v) is 14.5. The van der Waals surface area contributed by atoms with Crippen molar-refractivity contribution < 1.29 is 4.79 Å². The molecule has 0 aromatic carbocycles. The first-order valence-electron chi connectivity index (χ1n) is 17.2. The number of anilines is 2. The van der Waals surface area contributed by atoms with E-state index in [0.717, 1.165) is 74.1 Å². The Hall–Kier alpha value is -3.17. The maximum atomic E-state index is 13.5. The van der Waals surface area contributed by atoms with Crippen molar-refractivity contribution in [3.63, 3.8) is 0 Å². The van der Waals surface area contributed by atoms with Crippen molar-refractivity contribution in [1.29, 1.82) is 0 Å². The normalized spacial score (nSPS) is 29.0. The summed E-state index contributed by atoms with van der Waals surface area (Å²) in [5.41, 5.74) is 6.64. The fraction of sp³-hybridized carbons (Fsp3) is 0.639. The van der Waals surface area contributed by atoms with E-state index in [1.165, 1.54) is 24.0 Å². The number of aromatic nitrogens is 1. The number of aryl methyl sites for hydroxylation is 1. The van der Waals surface area contributed by atoms with Gasteiger partial charge in [0.25, 0.3) is 5.91 Å². The van der Waals surface area contributed by atoms with Crippen LogP contribution in [-0.2, 0) is 4.79 Å². The van der Waals surface area contributed by atoms with E-state index in [4.69, 9.17) is 4.99 Å². The molecule has 3 aliphatic heterocycles. The minimum absolute atomic E-state index is 0.0940. The summed E-state index contributed by atoms with van der Waals surface area (Å²) in [4.78, 5) is 28.1. The molecule has 2 fully saturated rings. The van der Waals surface area contributed by atoms with E-state index < -0.39 is 0 Å². The Morgan fingerprint density at radius 2 is 1.80 bits per heavy atom. The lowest BCUT2D eigenvalue weighted by Crippen LogP contribution is -2.52. The zero-order valence-corrected chi connectivity index (χ0v) is 28.2. The highest BCUT2D eigenvalue weighted by atomic mass is 16.1. The second kappa shape index (κ2) is 13.7. The van der Waals surface area contributed by atoms with Gasteiger partial charge in [-0.2, -0.15) is 0 Å². The molecule has 9 heteroatoms. The Balaban J connectivity index is 1.09. The van der Waals surface area contributed by atoms with Crippen molar-refractivity contribution in [2.45, 2.75) is 85.7 Å². The maximum absolute atomic E-state index is 13.5. The molecule has 1 aromatic heterocycles. The molecule has 242 valence electrons. The van der Waals surface area contributed by atoms with E-state index in [2.05, 4.69) is 83.4 Å². The average molecular weight is 613 g/mol. The molecular weight excluding hydrogens is 560 g/mol. The summed E-state index contributed by atoms with van der Waals surface area (Å²) in [6, 6.07) is 3.15. The fourth-order valence-corrected chi connectivity index (χ4v) is 7.44. The molecule has 1 amide bonds. The van der Waals surface area contributed by atoms with Gasteiger partial charge in [-0.1, -0.05) is 50.6 Å². The Kier molecular flexibility index (Phi) is 9.66. The van der Waals surface area contributed by atoms with Crippen LogP contribution in [0.5, 0.6) is 0 Å². The van der Waals surface area contributed by atoms with E-state index in [9.17, 15) is 4.79 Å². The van der Waals surface area contributed by atoms with Crippen molar-refractivity contribution in [3.8, 4) is 0 Å². The molecule has 9 nitrogen and oxygen atoms in total. The number of piperazine rings is 1. The van der Waals surface area contributed by atoms with Crippen molar-refractivity contribution >= 4 is 23.5 Å². The van der Waals surface area contributed by atoms with Gasteiger partial charge in [0.05, 0.1) is 42.1 Å². The summed E-state index contributed by atoms with van der Waals surface area (Å²) < 4.78 is 0. The lowest BCUT2D eigenvalue weighted by Gasteiger charge is -2.39. The van der Waals surface area contributed by atoms with Crippen LogP contribution >= 0.6 is 0 Å². The minimum atomic E-state index is -0.0940. The highest BCUT2D eigenvalue weighted by Gasteiger charge is 2.34. The molecule has 45 heavy (non-hydrogen) atoms. The summed E-state index contributed by atoms with van der Waals surface area (Å²) in [5, 5.41) is 14.2. The van der Waals surface area contributed by atoms with Gasteiger partial charge in [-0.3, -0.25) is 24.6 Å². The smallest absolute Gasteiger partial charge is 0.255 e. The zero-order valence-electron chi connectivity index (χ0n) is 28.2. The minimum Gasteiger partial charge on any atom is -0.321 e. The predicted molar refractivity (Wildman–Crippen MR) is 182 cm³/mol. The summed E-state index contributed by atoms with van der Waals surface area (Å²) in [6.07, 6.45) is 13.7. The molecule has 1 saturated carbocycles. The third-order valence-corrected chi connectivity index (χ3v) is 10.9. The SMILES string of the molecule is CC1=CC(C(=O)Nc2cnc(C)c(N3C/C(=C4/CN=CC(N5CCN(C6CC6)CC5)C4)N=N3)c2)=CCC(C)C(C(C)C(C)C)C1. The molecule has 6 rings (SSSR count). The molecule has 0 radical (unpaired) electrons. The van der Waals surface area contributed by atoms with Gasteiger partial charge in [-0.05, 0) is 81.3 Å². The van der Waals surface area contributed by atoms with Gasteiger partial charge >= 0.3 is 0 Å². The highest BCUT2D eigenvalue weighted by molar-refractivity contribution is 6.06. The Morgan fingerprint density at radius 1 is 1.04 bits per heavy atom. The van der Waals surface area contributed by atoms with Crippen LogP contribution in [0.4, 0.5) is 11.4 Å². The third kappa shape index (κ3) is 7.46. The number of hydrogen-bond donors (Lipinski definition) is 1. The summed E-state index contributed by atoms with van der Waals surface area (Å²) in [5.74, 6) is 2.34. The average Bonchev–Trinajstić information content (AvgIpc) is 3.77. The number of aliphatic imine (C=N–C) groups is 1. The second-order valence-electron chi connectivity index (χ2n) is 14.5. The van der Waals surface area contributed by atoms with E-state index in [-0.39, 0.29) is 5.91 Å². The number of carbonyl (C=O) groups excluding carboxylic acids is 1. The lowest BCUT2D eigenvalue weighted by molar-refractivity contribution is -0.112. The van der Waals surface area contributed by atoms with E-state index >= 15 is 0 Å². The standard InChI is InChI=1S/C36H52N8O/c1-23(2)26(5)33-16-24(3)15-28(8-7-25(33)4)36(45)39-30-18-35(27(6)38-20-30)44-22-34(40-41-44)29-17-32(21-37-19-29)43-13-11-42(12-14-43)31-9-10-31/h8,15,18,20-21,23,25-26,31-33H,7,9-14,16-17,19,22H2,1-6H3,(H,39,45)/b24-15?,28-8?,34-29-. The van der Waals surface area contributed by atoms with Gasteiger partial charge in [0, 0.05) is 50.1 Å². The van der Waals surface area contributed by atoms with Gasteiger partial charge in [-0.15, -0.1) is 5.11 Å². The van der Waals surface area contributed by atoms with E-state index in [0.29, 0.717) is 48.5 Å². The largest absolute Gasteiger partial charge is 0.321 e. The molecule has 4 unspecified atom stereocenters. The summed E-state index contributed by atoms with van der Waals surface area (Å²) in [7, 11) is 0. The van der Waals surface area contributed by atoms with Crippen LogP contribution in [0.15, 0.2) is 62.2 Å². The number of pyridine rings is 1. The van der Waals surface area contributed by atoms with E-state index in [1.54, 1.807) is 6.20 Å². The van der Waals surface area contributed by atoms with Crippen LogP contribution in [0, 0.1) is 30.6 Å². The molecule has 5 aliphatic rings. The van der Waals surface area contributed by atoms with E-state index in [1.807, 2.05) is 18.0 Å². The van der Waals surface area contributed by atoms with Crippen molar-refractivity contribution in [2.75, 3.05) is 49.6 Å². The topological polar surface area (TPSA) is 88.8 Å². The number of nitrogens with one attached hydrogen (secondary N) is 1. The van der Waals surface area contributed by atoms with Crippen LogP contribution in [0.2, 0.25) is 0 Å². The van der Waals surface area contributed by atoms with Crippen molar-refractivity contribution in [2.24, 2.45) is 39.0 Å². The molecule has 0 bridgehead atoms. The third-order valence-electron chi connectivity index (χ3n) is 10.9. The zero-order chi connectivity index (χ0) is 31.7. The van der Waals surface area contributed by atoms with Crippen LogP contribution in [0.3, 0.4) is 0 Å². The van der Waals surface area contributed by atoms with Gasteiger partial charge < -0.3 is 5.32 Å². The molecule has 4 atom stereocenters. The van der Waals surface area contributed by atoms with Crippen molar-refractivity contribution in [1.82, 2.24) is 14.8 Å². The number of hydrogen-bond acceptors (Lipinski definition) is 8. The monoisotopic (exact) mass is 612 g/mol. The number of allylic oxidation sites excluding steroid dienone is 2. The summed E-state index contributed by atoms with van der Waals surface area (Å²) in [6.45, 7) is 19.3. The molecule has 1 saturated heterocycles. The quantitative estimate of drug-likeness (QED) is 0.375.